The maximum atomic E-state index is 5.74. The van der Waals surface area contributed by atoms with Gasteiger partial charge in [-0.2, -0.15) is 0 Å². The Morgan fingerprint density at radius 3 is 2.77 bits per heavy atom. The molecule has 3 heteroatoms. The van der Waals surface area contributed by atoms with E-state index in [1.165, 1.54) is 25.7 Å². The van der Waals surface area contributed by atoms with Gasteiger partial charge in [-0.3, -0.25) is 0 Å². The van der Waals surface area contributed by atoms with E-state index in [1.54, 1.807) is 0 Å². The van der Waals surface area contributed by atoms with E-state index in [0.717, 1.165) is 17.9 Å². The van der Waals surface area contributed by atoms with Crippen LogP contribution in [0.3, 0.4) is 0 Å². The highest BCUT2D eigenvalue weighted by molar-refractivity contribution is 6.27. The van der Waals surface area contributed by atoms with Crippen molar-refractivity contribution < 1.29 is 4.42 Å². The number of hydrogen-bond acceptors (Lipinski definition) is 2. The molecule has 1 fully saturated rings. The highest BCUT2D eigenvalue weighted by Crippen LogP contribution is 2.36. The molecule has 2 rings (SSSR count). The molecular weight excluding hydrogens is 186 g/mol. The molecule has 1 aliphatic carbocycles. The van der Waals surface area contributed by atoms with E-state index in [1.807, 2.05) is 0 Å². The quantitative estimate of drug-likeness (QED) is 0.728. The molecule has 0 amide bonds. The summed E-state index contributed by atoms with van der Waals surface area (Å²) in [5.74, 6) is 1.59. The molecule has 0 unspecified atom stereocenters. The topological polar surface area (TPSA) is 26.0 Å². The minimum absolute atomic E-state index is 0.304. The van der Waals surface area contributed by atoms with Crippen molar-refractivity contribution in [1.82, 2.24) is 4.98 Å². The minimum Gasteiger partial charge on any atom is -0.432 e. The summed E-state index contributed by atoms with van der Waals surface area (Å²) in [6, 6.07) is 0. The van der Waals surface area contributed by atoms with Crippen LogP contribution in [-0.4, -0.2) is 4.98 Å². The van der Waals surface area contributed by atoms with Crippen LogP contribution in [0.15, 0.2) is 4.42 Å². The van der Waals surface area contributed by atoms with Crippen molar-refractivity contribution in [2.45, 2.75) is 44.9 Å². The Morgan fingerprint density at radius 1 is 1.46 bits per heavy atom. The van der Waals surface area contributed by atoms with Crippen molar-refractivity contribution in [3.05, 3.63) is 16.8 Å². The largest absolute Gasteiger partial charge is 0.432 e. The van der Waals surface area contributed by atoms with Crippen molar-refractivity contribution in [2.75, 3.05) is 0 Å². The Balaban J connectivity index is 2.26. The highest BCUT2D eigenvalue weighted by atomic mass is 35.5. The molecule has 1 aromatic heterocycles. The molecule has 0 aromatic carbocycles. The summed E-state index contributed by atoms with van der Waals surface area (Å²) in [7, 11) is 0. The fourth-order valence-electron chi connectivity index (χ4n) is 2.11. The van der Waals surface area contributed by atoms with Gasteiger partial charge < -0.3 is 4.42 Å². The van der Waals surface area contributed by atoms with Crippen molar-refractivity contribution >= 4 is 11.6 Å². The summed E-state index contributed by atoms with van der Waals surface area (Å²) in [4.78, 5) is 4.26. The Morgan fingerprint density at radius 2 is 2.15 bits per heavy atom. The van der Waals surface area contributed by atoms with Crippen molar-refractivity contribution in [3.63, 3.8) is 0 Å². The second kappa shape index (κ2) is 3.70. The third-order valence-electron chi connectivity index (χ3n) is 2.76. The fraction of sp³-hybridized carbons (Fsp3) is 0.700. The second-order valence-electron chi connectivity index (χ2n) is 3.61. The van der Waals surface area contributed by atoms with Crippen LogP contribution >= 0.6 is 11.6 Å². The zero-order valence-electron chi connectivity index (χ0n) is 7.85. The van der Waals surface area contributed by atoms with E-state index < -0.39 is 0 Å². The highest BCUT2D eigenvalue weighted by Gasteiger charge is 2.23. The van der Waals surface area contributed by atoms with Crippen LogP contribution < -0.4 is 0 Å². The predicted molar refractivity (Wildman–Crippen MR) is 52.1 cm³/mol. The number of rotatable bonds is 2. The molecule has 0 radical (unpaired) electrons. The van der Waals surface area contributed by atoms with E-state index in [2.05, 4.69) is 11.9 Å². The first-order valence-corrected chi connectivity index (χ1v) is 5.34. The summed E-state index contributed by atoms with van der Waals surface area (Å²) in [5, 5.41) is 0.304. The van der Waals surface area contributed by atoms with Crippen LogP contribution in [0.1, 0.15) is 50.0 Å². The molecule has 1 saturated carbocycles. The molecule has 1 aliphatic rings. The molecule has 0 bridgehead atoms. The third-order valence-corrected chi connectivity index (χ3v) is 2.93. The average molecular weight is 200 g/mol. The van der Waals surface area contributed by atoms with Crippen molar-refractivity contribution in [2.24, 2.45) is 0 Å². The first-order valence-electron chi connectivity index (χ1n) is 4.96. The normalized spacial score (nSPS) is 18.3. The fourth-order valence-corrected chi connectivity index (χ4v) is 2.29. The standard InChI is InChI=1S/C10H14ClNO/c1-2-8-9(12-10(11)13-8)7-5-3-4-6-7/h7H,2-6H2,1H3. The van der Waals surface area contributed by atoms with E-state index in [0.29, 0.717) is 11.3 Å². The number of aromatic nitrogens is 1. The number of halogens is 1. The summed E-state index contributed by atoms with van der Waals surface area (Å²) >= 11 is 5.74. The van der Waals surface area contributed by atoms with E-state index in [4.69, 9.17) is 16.0 Å². The van der Waals surface area contributed by atoms with Crippen LogP contribution in [0, 0.1) is 0 Å². The Bertz CT molecular complexity index is 289. The van der Waals surface area contributed by atoms with Gasteiger partial charge in [0.15, 0.2) is 0 Å². The molecule has 72 valence electrons. The average Bonchev–Trinajstić information content (AvgIpc) is 2.71. The van der Waals surface area contributed by atoms with Crippen LogP contribution in [0.25, 0.3) is 0 Å². The lowest BCUT2D eigenvalue weighted by Gasteiger charge is -2.05. The number of nitrogens with zero attached hydrogens (tertiary/aromatic N) is 1. The third kappa shape index (κ3) is 1.73. The first-order chi connectivity index (χ1) is 6.31. The van der Waals surface area contributed by atoms with Gasteiger partial charge in [0, 0.05) is 12.3 Å². The minimum atomic E-state index is 0.304. The maximum absolute atomic E-state index is 5.74. The van der Waals surface area contributed by atoms with Gasteiger partial charge in [0.2, 0.25) is 0 Å². The molecule has 0 spiro atoms. The molecule has 1 aromatic rings. The number of aryl methyl sites for hydroxylation is 1. The van der Waals surface area contributed by atoms with Crippen LogP contribution in [0.4, 0.5) is 0 Å². The maximum Gasteiger partial charge on any atom is 0.292 e. The lowest BCUT2D eigenvalue weighted by molar-refractivity contribution is 0.504. The van der Waals surface area contributed by atoms with Crippen molar-refractivity contribution in [3.8, 4) is 0 Å². The zero-order valence-corrected chi connectivity index (χ0v) is 8.60. The van der Waals surface area contributed by atoms with Gasteiger partial charge in [-0.1, -0.05) is 19.8 Å². The first kappa shape index (κ1) is 9.07. The van der Waals surface area contributed by atoms with Crippen LogP contribution in [-0.2, 0) is 6.42 Å². The van der Waals surface area contributed by atoms with Crippen molar-refractivity contribution in [1.29, 1.82) is 0 Å². The molecular formula is C10H14ClNO. The Labute approximate surface area is 83.3 Å². The zero-order chi connectivity index (χ0) is 9.26. The number of hydrogen-bond donors (Lipinski definition) is 0. The van der Waals surface area contributed by atoms with Gasteiger partial charge in [-0.05, 0) is 24.4 Å². The molecule has 0 N–H and O–H groups in total. The number of oxazole rings is 1. The molecule has 0 atom stereocenters. The van der Waals surface area contributed by atoms with Gasteiger partial charge in [-0.25, -0.2) is 4.98 Å². The summed E-state index contributed by atoms with van der Waals surface area (Å²) in [6.07, 6.45) is 6.02. The summed E-state index contributed by atoms with van der Waals surface area (Å²) in [5.41, 5.74) is 1.12. The summed E-state index contributed by atoms with van der Waals surface area (Å²) < 4.78 is 5.33. The Kier molecular flexibility index (Phi) is 2.58. The van der Waals surface area contributed by atoms with Gasteiger partial charge in [-0.15, -0.1) is 0 Å². The smallest absolute Gasteiger partial charge is 0.292 e. The molecule has 1 heterocycles. The molecule has 13 heavy (non-hydrogen) atoms. The van der Waals surface area contributed by atoms with Gasteiger partial charge in [0.25, 0.3) is 5.35 Å². The Hall–Kier alpha value is -0.500. The van der Waals surface area contributed by atoms with Gasteiger partial charge in [0.05, 0.1) is 5.69 Å². The van der Waals surface area contributed by atoms with Crippen LogP contribution in [0.5, 0.6) is 0 Å². The second-order valence-corrected chi connectivity index (χ2v) is 3.93. The van der Waals surface area contributed by atoms with E-state index in [9.17, 15) is 0 Å². The van der Waals surface area contributed by atoms with Gasteiger partial charge >= 0.3 is 0 Å². The lowest BCUT2D eigenvalue weighted by atomic mass is 10.0. The molecule has 0 saturated heterocycles. The SMILES string of the molecule is CCc1oc(Cl)nc1C1CCCC1. The molecule has 2 nitrogen and oxygen atoms in total. The predicted octanol–water partition coefficient (Wildman–Crippen LogP) is 3.55. The van der Waals surface area contributed by atoms with Crippen LogP contribution in [0.2, 0.25) is 5.35 Å². The van der Waals surface area contributed by atoms with E-state index in [-0.39, 0.29) is 0 Å². The van der Waals surface area contributed by atoms with E-state index >= 15 is 0 Å². The molecule has 0 aliphatic heterocycles. The monoisotopic (exact) mass is 199 g/mol. The summed E-state index contributed by atoms with van der Waals surface area (Å²) in [6.45, 7) is 2.08. The van der Waals surface area contributed by atoms with Gasteiger partial charge in [0.1, 0.15) is 5.76 Å². The lowest BCUT2D eigenvalue weighted by Crippen LogP contribution is -1.96.